The summed E-state index contributed by atoms with van der Waals surface area (Å²) < 4.78 is 0. The van der Waals surface area contributed by atoms with E-state index >= 15 is 0 Å². The number of amides is 1. The second-order valence-corrected chi connectivity index (χ2v) is 6.65. The van der Waals surface area contributed by atoms with Crippen molar-refractivity contribution in [2.24, 2.45) is 16.8 Å². The number of nitrogens with zero attached hydrogens (tertiary/aromatic N) is 1. The van der Waals surface area contributed by atoms with Gasteiger partial charge in [0.05, 0.1) is 0 Å². The van der Waals surface area contributed by atoms with Crippen molar-refractivity contribution < 1.29 is 4.79 Å². The van der Waals surface area contributed by atoms with Gasteiger partial charge in [0.15, 0.2) is 5.96 Å². The standard InChI is InChI=1S/C17H32N4O.HI/c1-2-18-17(21-13-15-8-9-15)20-11-10-19-16(22)12-14-6-4-3-5-7-14;/h14-15H,2-13H2,1H3,(H,19,22)(H2,18,20,21);1H. The van der Waals surface area contributed by atoms with E-state index in [2.05, 4.69) is 27.9 Å². The third-order valence-corrected chi connectivity index (χ3v) is 4.49. The van der Waals surface area contributed by atoms with Crippen molar-refractivity contribution in [1.29, 1.82) is 0 Å². The molecule has 0 aromatic heterocycles. The number of guanidine groups is 1. The maximum Gasteiger partial charge on any atom is 0.220 e. The molecule has 2 aliphatic rings. The van der Waals surface area contributed by atoms with Crippen LogP contribution in [0.25, 0.3) is 0 Å². The molecule has 0 bridgehead atoms. The highest BCUT2D eigenvalue weighted by molar-refractivity contribution is 14.0. The van der Waals surface area contributed by atoms with Crippen molar-refractivity contribution >= 4 is 35.8 Å². The highest BCUT2D eigenvalue weighted by Gasteiger charge is 2.20. The number of aliphatic imine (C=N–C) groups is 1. The van der Waals surface area contributed by atoms with Gasteiger partial charge < -0.3 is 16.0 Å². The van der Waals surface area contributed by atoms with Crippen molar-refractivity contribution in [3.05, 3.63) is 0 Å². The summed E-state index contributed by atoms with van der Waals surface area (Å²) in [7, 11) is 0. The molecule has 0 heterocycles. The third kappa shape index (κ3) is 9.37. The fourth-order valence-electron chi connectivity index (χ4n) is 2.97. The maximum atomic E-state index is 11.9. The predicted octanol–water partition coefficient (Wildman–Crippen LogP) is 2.66. The van der Waals surface area contributed by atoms with Gasteiger partial charge in [-0.2, -0.15) is 0 Å². The lowest BCUT2D eigenvalue weighted by molar-refractivity contribution is -0.122. The maximum absolute atomic E-state index is 11.9. The number of carbonyl (C=O) groups is 1. The topological polar surface area (TPSA) is 65.5 Å². The number of hydrogen-bond acceptors (Lipinski definition) is 2. The second kappa shape index (κ2) is 11.9. The number of nitrogens with one attached hydrogen (secondary N) is 3. The van der Waals surface area contributed by atoms with Crippen LogP contribution in [0.5, 0.6) is 0 Å². The Morgan fingerprint density at radius 1 is 0.957 bits per heavy atom. The van der Waals surface area contributed by atoms with Gasteiger partial charge in [-0.15, -0.1) is 24.0 Å². The molecule has 0 spiro atoms. The normalized spacial score (nSPS) is 18.9. The van der Waals surface area contributed by atoms with Crippen molar-refractivity contribution in [3.63, 3.8) is 0 Å². The lowest BCUT2D eigenvalue weighted by Crippen LogP contribution is -2.41. The minimum atomic E-state index is 0. The first kappa shape index (κ1) is 20.5. The molecule has 2 saturated carbocycles. The highest BCUT2D eigenvalue weighted by atomic mass is 127. The summed E-state index contributed by atoms with van der Waals surface area (Å²) in [6, 6.07) is 0. The Kier molecular flexibility index (Phi) is 10.6. The van der Waals surface area contributed by atoms with Gasteiger partial charge in [0, 0.05) is 32.6 Å². The van der Waals surface area contributed by atoms with Gasteiger partial charge in [0.2, 0.25) is 5.91 Å². The molecular weight excluding hydrogens is 403 g/mol. The van der Waals surface area contributed by atoms with Gasteiger partial charge in [0.1, 0.15) is 0 Å². The molecule has 1 amide bonds. The molecule has 134 valence electrons. The van der Waals surface area contributed by atoms with E-state index in [1.165, 1.54) is 44.9 Å². The van der Waals surface area contributed by atoms with Crippen molar-refractivity contribution in [2.45, 2.75) is 58.3 Å². The summed E-state index contributed by atoms with van der Waals surface area (Å²) in [5.41, 5.74) is 0. The van der Waals surface area contributed by atoms with E-state index in [0.29, 0.717) is 18.9 Å². The van der Waals surface area contributed by atoms with E-state index in [-0.39, 0.29) is 29.9 Å². The fraction of sp³-hybridized carbons (Fsp3) is 0.882. The van der Waals surface area contributed by atoms with E-state index < -0.39 is 0 Å². The molecule has 0 aromatic rings. The van der Waals surface area contributed by atoms with Gasteiger partial charge in [0.25, 0.3) is 0 Å². The van der Waals surface area contributed by atoms with Crippen molar-refractivity contribution in [2.75, 3.05) is 26.2 Å². The molecule has 2 rings (SSSR count). The van der Waals surface area contributed by atoms with Crippen molar-refractivity contribution in [1.82, 2.24) is 16.0 Å². The minimum Gasteiger partial charge on any atom is -0.357 e. The summed E-state index contributed by atoms with van der Waals surface area (Å²) in [4.78, 5) is 16.5. The van der Waals surface area contributed by atoms with E-state index in [4.69, 9.17) is 0 Å². The number of carbonyl (C=O) groups excluding carboxylic acids is 1. The Labute approximate surface area is 157 Å². The first-order valence-electron chi connectivity index (χ1n) is 9.06. The van der Waals surface area contributed by atoms with Gasteiger partial charge in [-0.05, 0) is 44.4 Å². The van der Waals surface area contributed by atoms with Crippen LogP contribution >= 0.6 is 24.0 Å². The van der Waals surface area contributed by atoms with Gasteiger partial charge in [-0.3, -0.25) is 9.79 Å². The number of hydrogen-bond donors (Lipinski definition) is 3. The SMILES string of the molecule is CCNC(=NCC1CC1)NCCNC(=O)CC1CCCCC1.I. The lowest BCUT2D eigenvalue weighted by atomic mass is 9.87. The second-order valence-electron chi connectivity index (χ2n) is 6.65. The van der Waals surface area contributed by atoms with Crippen LogP contribution in [0.2, 0.25) is 0 Å². The van der Waals surface area contributed by atoms with E-state index in [0.717, 1.165) is 31.5 Å². The molecule has 3 N–H and O–H groups in total. The third-order valence-electron chi connectivity index (χ3n) is 4.49. The van der Waals surface area contributed by atoms with E-state index in [1.807, 2.05) is 0 Å². The molecule has 0 atom stereocenters. The molecule has 0 aliphatic heterocycles. The highest BCUT2D eigenvalue weighted by Crippen LogP contribution is 2.28. The zero-order chi connectivity index (χ0) is 15.6. The molecule has 6 heteroatoms. The average molecular weight is 436 g/mol. The lowest BCUT2D eigenvalue weighted by Gasteiger charge is -2.20. The monoisotopic (exact) mass is 436 g/mol. The van der Waals surface area contributed by atoms with Gasteiger partial charge in [-0.1, -0.05) is 19.3 Å². The van der Waals surface area contributed by atoms with Crippen LogP contribution in [0.4, 0.5) is 0 Å². The van der Waals surface area contributed by atoms with E-state index in [9.17, 15) is 4.79 Å². The zero-order valence-electron chi connectivity index (χ0n) is 14.4. The Balaban J connectivity index is 0.00000264. The Morgan fingerprint density at radius 3 is 2.30 bits per heavy atom. The quantitative estimate of drug-likeness (QED) is 0.237. The van der Waals surface area contributed by atoms with Gasteiger partial charge >= 0.3 is 0 Å². The molecule has 5 nitrogen and oxygen atoms in total. The molecule has 2 fully saturated rings. The number of halogens is 1. The zero-order valence-corrected chi connectivity index (χ0v) is 16.7. The summed E-state index contributed by atoms with van der Waals surface area (Å²) in [5.74, 6) is 2.48. The van der Waals surface area contributed by atoms with Crippen LogP contribution in [-0.2, 0) is 4.79 Å². The summed E-state index contributed by atoms with van der Waals surface area (Å²) in [5, 5.41) is 9.55. The van der Waals surface area contributed by atoms with Crippen LogP contribution in [0, 0.1) is 11.8 Å². The molecule has 23 heavy (non-hydrogen) atoms. The Hall–Kier alpha value is -0.530. The first-order chi connectivity index (χ1) is 10.8. The molecule has 2 aliphatic carbocycles. The summed E-state index contributed by atoms with van der Waals surface area (Å²) >= 11 is 0. The van der Waals surface area contributed by atoms with Gasteiger partial charge in [-0.25, -0.2) is 0 Å². The fourth-order valence-corrected chi connectivity index (χ4v) is 2.97. The first-order valence-corrected chi connectivity index (χ1v) is 9.06. The minimum absolute atomic E-state index is 0. The van der Waals surface area contributed by atoms with Crippen LogP contribution in [0.15, 0.2) is 4.99 Å². The average Bonchev–Trinajstić information content (AvgIpc) is 3.34. The smallest absolute Gasteiger partial charge is 0.220 e. The molecule has 0 saturated heterocycles. The van der Waals surface area contributed by atoms with E-state index in [1.54, 1.807) is 0 Å². The van der Waals surface area contributed by atoms with Crippen LogP contribution in [0.3, 0.4) is 0 Å². The Bertz CT molecular complexity index is 366. The van der Waals surface area contributed by atoms with Crippen LogP contribution in [-0.4, -0.2) is 38.0 Å². The molecule has 0 aromatic carbocycles. The summed E-state index contributed by atoms with van der Waals surface area (Å²) in [6.45, 7) is 5.25. The van der Waals surface area contributed by atoms with Crippen molar-refractivity contribution in [3.8, 4) is 0 Å². The molecule has 0 unspecified atom stereocenters. The predicted molar refractivity (Wildman–Crippen MR) is 106 cm³/mol. The molecule has 0 radical (unpaired) electrons. The summed E-state index contributed by atoms with van der Waals surface area (Å²) in [6.07, 6.45) is 9.73. The molecular formula is C17H33IN4O. The Morgan fingerprint density at radius 2 is 1.65 bits per heavy atom. The van der Waals surface area contributed by atoms with Crippen LogP contribution < -0.4 is 16.0 Å². The number of rotatable bonds is 8. The van der Waals surface area contributed by atoms with Crippen LogP contribution in [0.1, 0.15) is 58.3 Å². The largest absolute Gasteiger partial charge is 0.357 e.